The Balaban J connectivity index is 2.60. The summed E-state index contributed by atoms with van der Waals surface area (Å²) in [5.74, 6) is -0.200. The first kappa shape index (κ1) is 11.3. The number of nitrogens with one attached hydrogen (secondary N) is 1. The average molecular weight is 231 g/mol. The van der Waals surface area contributed by atoms with Crippen LogP contribution < -0.4 is 4.74 Å². The summed E-state index contributed by atoms with van der Waals surface area (Å²) in [6.07, 6.45) is 4.46. The molecule has 2 rings (SSSR count). The molecular weight excluding hydrogens is 218 g/mol. The van der Waals surface area contributed by atoms with Crippen molar-refractivity contribution in [2.75, 3.05) is 7.11 Å². The van der Waals surface area contributed by atoms with E-state index in [9.17, 15) is 4.79 Å². The Labute approximate surface area is 98.5 Å². The fraction of sp³-hybridized carbons (Fsp3) is 0.154. The summed E-state index contributed by atoms with van der Waals surface area (Å²) in [5.41, 5.74) is 2.78. The Kier molecular flexibility index (Phi) is 2.87. The van der Waals surface area contributed by atoms with Crippen molar-refractivity contribution in [1.29, 1.82) is 0 Å². The summed E-state index contributed by atoms with van der Waals surface area (Å²) in [5, 5.41) is 9.58. The van der Waals surface area contributed by atoms with Gasteiger partial charge in [0.05, 0.1) is 12.6 Å². The maximum Gasteiger partial charge on any atom is 0.328 e. The highest BCUT2D eigenvalue weighted by atomic mass is 16.5. The number of carboxylic acid groups (broad SMARTS) is 1. The van der Waals surface area contributed by atoms with Crippen molar-refractivity contribution >= 4 is 22.9 Å². The molecule has 0 aliphatic carbocycles. The van der Waals surface area contributed by atoms with Gasteiger partial charge in [-0.05, 0) is 30.7 Å². The van der Waals surface area contributed by atoms with E-state index in [2.05, 4.69) is 4.98 Å². The molecule has 0 bridgehead atoms. The van der Waals surface area contributed by atoms with E-state index in [1.807, 2.05) is 19.1 Å². The predicted molar refractivity (Wildman–Crippen MR) is 66.3 cm³/mol. The molecule has 1 aromatic heterocycles. The lowest BCUT2D eigenvalue weighted by Gasteiger charge is -2.03. The number of ether oxygens (including phenoxy) is 1. The maximum absolute atomic E-state index is 10.5. The number of benzene rings is 1. The molecule has 0 saturated heterocycles. The fourth-order valence-corrected chi connectivity index (χ4v) is 1.82. The quantitative estimate of drug-likeness (QED) is 0.798. The molecule has 0 unspecified atom stereocenters. The van der Waals surface area contributed by atoms with Crippen molar-refractivity contribution in [3.63, 3.8) is 0 Å². The van der Waals surface area contributed by atoms with E-state index in [1.54, 1.807) is 19.4 Å². The van der Waals surface area contributed by atoms with Crippen LogP contribution in [0.15, 0.2) is 24.4 Å². The molecule has 2 aromatic rings. The number of carbonyl (C=O) groups is 1. The van der Waals surface area contributed by atoms with Gasteiger partial charge in [-0.15, -0.1) is 0 Å². The first-order valence-corrected chi connectivity index (χ1v) is 5.18. The number of hydrogen-bond donors (Lipinski definition) is 2. The number of aromatic amines is 1. The molecule has 0 radical (unpaired) electrons. The smallest absolute Gasteiger partial charge is 0.328 e. The van der Waals surface area contributed by atoms with Crippen LogP contribution in [-0.2, 0) is 4.79 Å². The Morgan fingerprint density at radius 3 is 2.88 bits per heavy atom. The van der Waals surface area contributed by atoms with Crippen molar-refractivity contribution in [2.45, 2.75) is 6.92 Å². The second kappa shape index (κ2) is 4.33. The van der Waals surface area contributed by atoms with Gasteiger partial charge in [-0.2, -0.15) is 0 Å². The Hall–Kier alpha value is -2.23. The van der Waals surface area contributed by atoms with E-state index in [4.69, 9.17) is 9.84 Å². The molecule has 88 valence electrons. The molecule has 4 heteroatoms. The molecule has 0 saturated carbocycles. The second-order valence-electron chi connectivity index (χ2n) is 3.81. The van der Waals surface area contributed by atoms with Gasteiger partial charge in [0.25, 0.3) is 0 Å². The van der Waals surface area contributed by atoms with E-state index >= 15 is 0 Å². The molecule has 1 heterocycles. The Bertz CT molecular complexity index is 596. The Morgan fingerprint density at radius 1 is 1.47 bits per heavy atom. The zero-order valence-corrected chi connectivity index (χ0v) is 9.65. The summed E-state index contributed by atoms with van der Waals surface area (Å²) in [7, 11) is 1.61. The van der Waals surface area contributed by atoms with Gasteiger partial charge in [-0.25, -0.2) is 4.79 Å². The number of aliphatic carboxylic acids is 1. The summed E-state index contributed by atoms with van der Waals surface area (Å²) >= 11 is 0. The zero-order valence-electron chi connectivity index (χ0n) is 9.65. The third-order valence-corrected chi connectivity index (χ3v) is 2.55. The molecule has 0 amide bonds. The lowest BCUT2D eigenvalue weighted by molar-refractivity contribution is -0.131. The van der Waals surface area contributed by atoms with E-state index in [0.717, 1.165) is 33.9 Å². The van der Waals surface area contributed by atoms with Gasteiger partial charge in [0.1, 0.15) is 5.75 Å². The Morgan fingerprint density at radius 2 is 2.24 bits per heavy atom. The largest absolute Gasteiger partial charge is 0.495 e. The van der Waals surface area contributed by atoms with Crippen LogP contribution in [0.5, 0.6) is 5.75 Å². The van der Waals surface area contributed by atoms with Crippen molar-refractivity contribution < 1.29 is 14.6 Å². The van der Waals surface area contributed by atoms with Gasteiger partial charge in [-0.1, -0.05) is 0 Å². The minimum atomic E-state index is -0.959. The van der Waals surface area contributed by atoms with Crippen molar-refractivity contribution in [3.05, 3.63) is 35.5 Å². The lowest BCUT2D eigenvalue weighted by atomic mass is 10.1. The average Bonchev–Trinajstić information content (AvgIpc) is 2.68. The summed E-state index contributed by atoms with van der Waals surface area (Å²) in [6, 6.07) is 3.93. The summed E-state index contributed by atoms with van der Waals surface area (Å²) in [4.78, 5) is 13.6. The predicted octanol–water partition coefficient (Wildman–Crippen LogP) is 2.58. The highest BCUT2D eigenvalue weighted by Crippen LogP contribution is 2.29. The summed E-state index contributed by atoms with van der Waals surface area (Å²) < 4.78 is 5.28. The van der Waals surface area contributed by atoms with Crippen LogP contribution >= 0.6 is 0 Å². The minimum Gasteiger partial charge on any atom is -0.495 e. The van der Waals surface area contributed by atoms with Gasteiger partial charge in [0, 0.05) is 23.2 Å². The van der Waals surface area contributed by atoms with Crippen LogP contribution in [0.2, 0.25) is 0 Å². The number of hydrogen-bond acceptors (Lipinski definition) is 2. The summed E-state index contributed by atoms with van der Waals surface area (Å²) in [6.45, 7) is 1.97. The topological polar surface area (TPSA) is 62.3 Å². The number of H-pyrrole nitrogens is 1. The van der Waals surface area contributed by atoms with Crippen LogP contribution in [0.3, 0.4) is 0 Å². The molecule has 0 atom stereocenters. The van der Waals surface area contributed by atoms with Gasteiger partial charge < -0.3 is 14.8 Å². The number of rotatable bonds is 3. The number of aromatic nitrogens is 1. The van der Waals surface area contributed by atoms with Crippen molar-refractivity contribution in [2.24, 2.45) is 0 Å². The molecule has 0 fully saturated rings. The van der Waals surface area contributed by atoms with Gasteiger partial charge >= 0.3 is 5.97 Å². The van der Waals surface area contributed by atoms with Crippen LogP contribution in [0.1, 0.15) is 11.1 Å². The molecule has 0 spiro atoms. The molecule has 4 nitrogen and oxygen atoms in total. The van der Waals surface area contributed by atoms with E-state index < -0.39 is 5.97 Å². The minimum absolute atomic E-state index is 0.759. The molecule has 0 aliphatic rings. The van der Waals surface area contributed by atoms with Crippen LogP contribution in [-0.4, -0.2) is 23.2 Å². The van der Waals surface area contributed by atoms with Crippen molar-refractivity contribution in [3.8, 4) is 5.75 Å². The first-order chi connectivity index (χ1) is 8.11. The number of methoxy groups -OCH3 is 1. The number of fused-ring (bicyclic) bond motifs is 1. The monoisotopic (exact) mass is 231 g/mol. The fourth-order valence-electron chi connectivity index (χ4n) is 1.82. The maximum atomic E-state index is 10.5. The highest BCUT2D eigenvalue weighted by molar-refractivity contribution is 5.96. The van der Waals surface area contributed by atoms with Crippen molar-refractivity contribution in [1.82, 2.24) is 4.98 Å². The third kappa shape index (κ3) is 2.15. The molecule has 0 aliphatic heterocycles. The van der Waals surface area contributed by atoms with Crippen LogP contribution in [0.25, 0.3) is 17.0 Å². The van der Waals surface area contributed by atoms with Crippen LogP contribution in [0.4, 0.5) is 0 Å². The van der Waals surface area contributed by atoms with Gasteiger partial charge in [-0.3, -0.25) is 0 Å². The highest BCUT2D eigenvalue weighted by Gasteiger charge is 2.07. The van der Waals surface area contributed by atoms with E-state index in [0.29, 0.717) is 0 Å². The van der Waals surface area contributed by atoms with Gasteiger partial charge in [0.15, 0.2) is 0 Å². The van der Waals surface area contributed by atoms with E-state index in [1.165, 1.54) is 0 Å². The molecule has 1 aromatic carbocycles. The third-order valence-electron chi connectivity index (χ3n) is 2.55. The number of aryl methyl sites for hydroxylation is 1. The first-order valence-electron chi connectivity index (χ1n) is 5.18. The standard InChI is InChI=1S/C13H13NO3/c1-8-5-10-9(3-4-12(15)16)7-14-13(10)11(6-8)17-2/h3-7,14H,1-2H3,(H,15,16)/b4-3+. The van der Waals surface area contributed by atoms with Crippen LogP contribution in [0, 0.1) is 6.92 Å². The lowest BCUT2D eigenvalue weighted by Crippen LogP contribution is -1.86. The number of carboxylic acids is 1. The van der Waals surface area contributed by atoms with Gasteiger partial charge in [0.2, 0.25) is 0 Å². The molecular formula is C13H13NO3. The second-order valence-corrected chi connectivity index (χ2v) is 3.81. The zero-order chi connectivity index (χ0) is 12.4. The SMILES string of the molecule is COc1cc(C)cc2c(/C=C/C(=O)O)c[nH]c12. The van der Waals surface area contributed by atoms with E-state index in [-0.39, 0.29) is 0 Å². The molecule has 2 N–H and O–H groups in total. The normalized spacial score (nSPS) is 11.2. The molecule has 17 heavy (non-hydrogen) atoms.